The number of thiazole rings is 1. The van der Waals surface area contributed by atoms with Gasteiger partial charge >= 0.3 is 0 Å². The largest absolute Gasteiger partial charge is 0.382 e. The zero-order valence-electron chi connectivity index (χ0n) is 8.47. The summed E-state index contributed by atoms with van der Waals surface area (Å²) >= 11 is 1.48. The van der Waals surface area contributed by atoms with E-state index in [0.29, 0.717) is 5.13 Å². The average Bonchev–Trinajstić information content (AvgIpc) is 2.76. The van der Waals surface area contributed by atoms with Gasteiger partial charge in [0.25, 0.3) is 0 Å². The van der Waals surface area contributed by atoms with Crippen molar-refractivity contribution in [1.29, 1.82) is 0 Å². The van der Waals surface area contributed by atoms with Crippen LogP contribution in [0.15, 0.2) is 17.8 Å². The van der Waals surface area contributed by atoms with Crippen LogP contribution in [0.4, 0.5) is 10.8 Å². The third kappa shape index (κ3) is 2.69. The van der Waals surface area contributed by atoms with Crippen LogP contribution in [0.25, 0.3) is 0 Å². The van der Waals surface area contributed by atoms with Crippen LogP contribution < -0.4 is 11.1 Å². The molecule has 0 spiro atoms. The maximum atomic E-state index is 5.54. The molecule has 6 heteroatoms. The van der Waals surface area contributed by atoms with Gasteiger partial charge in [-0.2, -0.15) is 5.10 Å². The number of aryl methyl sites for hydroxylation is 1. The van der Waals surface area contributed by atoms with Gasteiger partial charge in [-0.05, 0) is 0 Å². The van der Waals surface area contributed by atoms with Gasteiger partial charge in [0.05, 0.1) is 17.6 Å². The molecule has 0 saturated heterocycles. The molecule has 0 fully saturated rings. The number of nitrogens with one attached hydrogen (secondary N) is 1. The maximum absolute atomic E-state index is 5.54. The Kier molecular flexibility index (Phi) is 2.86. The van der Waals surface area contributed by atoms with E-state index in [1.54, 1.807) is 10.9 Å². The van der Waals surface area contributed by atoms with E-state index in [-0.39, 0.29) is 0 Å². The molecule has 2 rings (SSSR count). The Bertz CT molecular complexity index is 393. The second kappa shape index (κ2) is 4.31. The molecule has 80 valence electrons. The molecule has 0 unspecified atom stereocenters. The van der Waals surface area contributed by atoms with Crippen LogP contribution in [-0.2, 0) is 13.5 Å². The number of nitrogen functional groups attached to an aromatic ring is 1. The molecule has 2 heterocycles. The van der Waals surface area contributed by atoms with Gasteiger partial charge in [-0.15, -0.1) is 11.3 Å². The number of rotatable bonds is 4. The lowest BCUT2D eigenvalue weighted by Gasteiger charge is -2.00. The molecule has 15 heavy (non-hydrogen) atoms. The fourth-order valence-electron chi connectivity index (χ4n) is 1.28. The van der Waals surface area contributed by atoms with Gasteiger partial charge in [-0.3, -0.25) is 4.68 Å². The first-order chi connectivity index (χ1) is 7.24. The van der Waals surface area contributed by atoms with Gasteiger partial charge in [-0.1, -0.05) is 0 Å². The molecular formula is C9H13N5S. The highest BCUT2D eigenvalue weighted by Crippen LogP contribution is 2.11. The zero-order valence-corrected chi connectivity index (χ0v) is 9.29. The van der Waals surface area contributed by atoms with E-state index in [0.717, 1.165) is 24.3 Å². The molecule has 2 aromatic rings. The summed E-state index contributed by atoms with van der Waals surface area (Å²) in [6.07, 6.45) is 4.62. The highest BCUT2D eigenvalue weighted by atomic mass is 32.1. The number of anilines is 2. The summed E-state index contributed by atoms with van der Waals surface area (Å²) in [5.74, 6) is 0. The molecular weight excluding hydrogens is 210 g/mol. The van der Waals surface area contributed by atoms with Crippen LogP contribution in [0, 0.1) is 0 Å². The lowest BCUT2D eigenvalue weighted by molar-refractivity contribution is 0.768. The van der Waals surface area contributed by atoms with E-state index in [1.807, 2.05) is 18.6 Å². The van der Waals surface area contributed by atoms with Crippen molar-refractivity contribution in [3.8, 4) is 0 Å². The van der Waals surface area contributed by atoms with Gasteiger partial charge in [0.15, 0.2) is 5.13 Å². The quantitative estimate of drug-likeness (QED) is 0.814. The molecule has 2 aromatic heterocycles. The summed E-state index contributed by atoms with van der Waals surface area (Å²) in [5, 5.41) is 9.95. The Morgan fingerprint density at radius 2 is 2.47 bits per heavy atom. The molecule has 0 aromatic carbocycles. The van der Waals surface area contributed by atoms with E-state index >= 15 is 0 Å². The van der Waals surface area contributed by atoms with Crippen molar-refractivity contribution in [1.82, 2.24) is 14.8 Å². The van der Waals surface area contributed by atoms with Gasteiger partial charge in [-0.25, -0.2) is 4.98 Å². The van der Waals surface area contributed by atoms with Crippen molar-refractivity contribution >= 4 is 22.2 Å². The van der Waals surface area contributed by atoms with E-state index in [1.165, 1.54) is 11.3 Å². The van der Waals surface area contributed by atoms with E-state index in [4.69, 9.17) is 5.73 Å². The van der Waals surface area contributed by atoms with Crippen LogP contribution in [-0.4, -0.2) is 21.3 Å². The Labute approximate surface area is 91.9 Å². The number of hydrogen-bond acceptors (Lipinski definition) is 5. The number of nitrogens with zero attached hydrogens (tertiary/aromatic N) is 3. The number of aromatic nitrogens is 3. The predicted molar refractivity (Wildman–Crippen MR) is 61.9 cm³/mol. The molecule has 3 N–H and O–H groups in total. The smallest absolute Gasteiger partial charge is 0.180 e. The summed E-state index contributed by atoms with van der Waals surface area (Å²) < 4.78 is 1.77. The third-order valence-corrected chi connectivity index (χ3v) is 2.71. The van der Waals surface area contributed by atoms with Crippen LogP contribution >= 0.6 is 11.3 Å². The highest BCUT2D eigenvalue weighted by Gasteiger charge is 1.99. The zero-order chi connectivity index (χ0) is 10.7. The molecule has 0 aliphatic heterocycles. The fourth-order valence-corrected chi connectivity index (χ4v) is 1.88. The van der Waals surface area contributed by atoms with Gasteiger partial charge in [0.1, 0.15) is 0 Å². The second-order valence-corrected chi connectivity index (χ2v) is 4.15. The van der Waals surface area contributed by atoms with Crippen LogP contribution in [0.5, 0.6) is 0 Å². The Morgan fingerprint density at radius 3 is 3.07 bits per heavy atom. The van der Waals surface area contributed by atoms with Gasteiger partial charge in [0, 0.05) is 31.6 Å². The van der Waals surface area contributed by atoms with Crippen molar-refractivity contribution in [2.24, 2.45) is 7.05 Å². The summed E-state index contributed by atoms with van der Waals surface area (Å²) in [7, 11) is 1.90. The lowest BCUT2D eigenvalue weighted by Crippen LogP contribution is -2.04. The van der Waals surface area contributed by atoms with Crippen molar-refractivity contribution in [2.45, 2.75) is 6.42 Å². The van der Waals surface area contributed by atoms with E-state index in [9.17, 15) is 0 Å². The van der Waals surface area contributed by atoms with Crippen LogP contribution in [0.3, 0.4) is 0 Å². The van der Waals surface area contributed by atoms with Crippen molar-refractivity contribution in [3.63, 3.8) is 0 Å². The summed E-state index contributed by atoms with van der Waals surface area (Å²) in [6, 6.07) is 0. The normalized spacial score (nSPS) is 10.5. The van der Waals surface area contributed by atoms with Gasteiger partial charge in [0.2, 0.25) is 0 Å². The van der Waals surface area contributed by atoms with Crippen molar-refractivity contribution in [3.05, 3.63) is 23.5 Å². The Morgan fingerprint density at radius 1 is 1.60 bits per heavy atom. The highest BCUT2D eigenvalue weighted by molar-refractivity contribution is 7.13. The molecule has 0 bridgehead atoms. The Hall–Kier alpha value is -1.56. The summed E-state index contributed by atoms with van der Waals surface area (Å²) in [4.78, 5) is 4.18. The van der Waals surface area contributed by atoms with E-state index in [2.05, 4.69) is 15.4 Å². The molecule has 0 radical (unpaired) electrons. The molecule has 0 aliphatic rings. The van der Waals surface area contributed by atoms with Gasteiger partial charge < -0.3 is 11.1 Å². The minimum atomic E-state index is 0.631. The SMILES string of the molecule is Cn1cc(NCCc2csc(N)n2)cn1. The first kappa shape index (κ1) is 9.97. The van der Waals surface area contributed by atoms with Crippen molar-refractivity contribution in [2.75, 3.05) is 17.6 Å². The molecule has 0 atom stereocenters. The fraction of sp³-hybridized carbons (Fsp3) is 0.333. The molecule has 0 amide bonds. The summed E-state index contributed by atoms with van der Waals surface area (Å²) in [6.45, 7) is 0.842. The second-order valence-electron chi connectivity index (χ2n) is 3.26. The number of nitrogens with two attached hydrogens (primary N) is 1. The topological polar surface area (TPSA) is 68.8 Å². The maximum Gasteiger partial charge on any atom is 0.180 e. The van der Waals surface area contributed by atoms with Crippen LogP contribution in [0.2, 0.25) is 0 Å². The predicted octanol–water partition coefficient (Wildman–Crippen LogP) is 1.11. The molecule has 0 aliphatic carbocycles. The van der Waals surface area contributed by atoms with Crippen LogP contribution in [0.1, 0.15) is 5.69 Å². The van der Waals surface area contributed by atoms with E-state index < -0.39 is 0 Å². The first-order valence-corrected chi connectivity index (χ1v) is 5.54. The Balaban J connectivity index is 1.80. The minimum absolute atomic E-state index is 0.631. The lowest BCUT2D eigenvalue weighted by atomic mass is 10.3. The third-order valence-electron chi connectivity index (χ3n) is 1.98. The molecule has 5 nitrogen and oxygen atoms in total. The number of hydrogen-bond donors (Lipinski definition) is 2. The monoisotopic (exact) mass is 223 g/mol. The average molecular weight is 223 g/mol. The molecule has 0 saturated carbocycles. The minimum Gasteiger partial charge on any atom is -0.382 e. The van der Waals surface area contributed by atoms with Crippen molar-refractivity contribution < 1.29 is 0 Å². The summed E-state index contributed by atoms with van der Waals surface area (Å²) in [5.41, 5.74) is 7.60. The standard InChI is InChI=1S/C9H13N5S/c1-14-5-8(4-12-14)11-3-2-7-6-15-9(10)13-7/h4-6,11H,2-3H2,1H3,(H2,10,13). The first-order valence-electron chi connectivity index (χ1n) is 4.66.